The van der Waals surface area contributed by atoms with Crippen LogP contribution in [0.1, 0.15) is 62.4 Å². The van der Waals surface area contributed by atoms with Crippen LogP contribution in [0, 0.1) is 11.3 Å². The molecule has 0 bridgehead atoms. The largest absolute Gasteiger partial charge is 0.476 e. The molecule has 7 heteroatoms. The Balaban J connectivity index is 1.55. The van der Waals surface area contributed by atoms with E-state index >= 15 is 0 Å². The molecule has 0 amide bonds. The third kappa shape index (κ3) is 4.75. The Kier molecular flexibility index (Phi) is 6.47. The van der Waals surface area contributed by atoms with E-state index in [1.165, 1.54) is 28.7 Å². The van der Waals surface area contributed by atoms with Crippen molar-refractivity contribution in [2.75, 3.05) is 5.75 Å². The van der Waals surface area contributed by atoms with Gasteiger partial charge in [-0.3, -0.25) is 4.79 Å². The number of thioether (sulfide) groups is 1. The second-order valence-electron chi connectivity index (χ2n) is 8.05. The van der Waals surface area contributed by atoms with Crippen molar-refractivity contribution in [2.45, 2.75) is 61.8 Å². The number of carboxylic acids is 1. The molecule has 28 heavy (non-hydrogen) atoms. The van der Waals surface area contributed by atoms with Gasteiger partial charge in [0.05, 0.1) is 5.60 Å². The van der Waals surface area contributed by atoms with E-state index in [1.54, 1.807) is 5.38 Å². The number of thiazole rings is 1. The molecule has 1 heterocycles. The predicted molar refractivity (Wildman–Crippen MR) is 112 cm³/mol. The molecule has 2 aliphatic rings. The number of ketones is 1. The molecule has 5 nitrogen and oxygen atoms in total. The van der Waals surface area contributed by atoms with Crippen LogP contribution in [0.15, 0.2) is 34.0 Å². The average molecular weight is 422 g/mol. The molecule has 0 saturated heterocycles. The third-order valence-electron chi connectivity index (χ3n) is 5.90. The fourth-order valence-corrected chi connectivity index (χ4v) is 6.03. The average Bonchev–Trinajstić information content (AvgIpc) is 2.96. The van der Waals surface area contributed by atoms with Gasteiger partial charge in [0.25, 0.3) is 0 Å². The van der Waals surface area contributed by atoms with Gasteiger partial charge in [-0.1, -0.05) is 29.5 Å². The molecule has 152 valence electrons. The number of hydrogen-bond acceptors (Lipinski definition) is 6. The van der Waals surface area contributed by atoms with Gasteiger partial charge in [-0.05, 0) is 45.4 Å². The summed E-state index contributed by atoms with van der Waals surface area (Å²) in [4.78, 5) is 27.5. The normalized spacial score (nSPS) is 27.3. The van der Waals surface area contributed by atoms with Crippen molar-refractivity contribution in [1.29, 1.82) is 0 Å². The van der Waals surface area contributed by atoms with Crippen molar-refractivity contribution in [1.82, 2.24) is 4.98 Å². The van der Waals surface area contributed by atoms with Gasteiger partial charge in [0.15, 0.2) is 10.0 Å². The van der Waals surface area contributed by atoms with Gasteiger partial charge in [0, 0.05) is 28.9 Å². The van der Waals surface area contributed by atoms with Crippen molar-refractivity contribution in [3.63, 3.8) is 0 Å². The quantitative estimate of drug-likeness (QED) is 0.420. The topological polar surface area (TPSA) is 87.5 Å². The maximum atomic E-state index is 12.5. The molecule has 2 N–H and O–H groups in total. The van der Waals surface area contributed by atoms with Gasteiger partial charge >= 0.3 is 5.97 Å². The number of nitrogens with zero attached hydrogens (tertiary/aromatic N) is 1. The molecule has 3 atom stereocenters. The van der Waals surface area contributed by atoms with Crippen LogP contribution >= 0.6 is 23.1 Å². The first-order chi connectivity index (χ1) is 13.3. The lowest BCUT2D eigenvalue weighted by atomic mass is 9.88. The fraction of sp³-hybridized carbons (Fsp3) is 0.571. The minimum Gasteiger partial charge on any atom is -0.476 e. The molecular weight excluding hydrogens is 394 g/mol. The number of hydrogen-bond donors (Lipinski definition) is 2. The lowest BCUT2D eigenvalue weighted by Crippen LogP contribution is -2.22. The highest BCUT2D eigenvalue weighted by Gasteiger charge is 2.59. The SMILES string of the molecule is C=CCCC(C)(O)C/C=C1\CC12CCC(=O)[C@@H]2CCSc1nc(C(=O)O)cs1. The van der Waals surface area contributed by atoms with Gasteiger partial charge in [0.1, 0.15) is 5.78 Å². The summed E-state index contributed by atoms with van der Waals surface area (Å²) in [6.45, 7) is 5.57. The fourth-order valence-electron chi connectivity index (χ4n) is 4.15. The first kappa shape index (κ1) is 21.3. The van der Waals surface area contributed by atoms with E-state index in [0.29, 0.717) is 25.0 Å². The summed E-state index contributed by atoms with van der Waals surface area (Å²) in [6.07, 6.45) is 9.39. The minimum absolute atomic E-state index is 0.0151. The highest BCUT2D eigenvalue weighted by atomic mass is 32.2. The number of aliphatic hydroxyl groups is 1. The molecule has 0 aromatic carbocycles. The lowest BCUT2D eigenvalue weighted by molar-refractivity contribution is -0.121. The van der Waals surface area contributed by atoms with Crippen LogP contribution in [-0.4, -0.2) is 38.3 Å². The van der Waals surface area contributed by atoms with Gasteiger partial charge in [-0.2, -0.15) is 0 Å². The number of carboxylic acid groups (broad SMARTS) is 1. The number of aromatic nitrogens is 1. The molecule has 2 saturated carbocycles. The molecule has 2 unspecified atom stereocenters. The number of carbonyl (C=O) groups is 2. The number of allylic oxidation sites excluding steroid dienone is 2. The summed E-state index contributed by atoms with van der Waals surface area (Å²) in [5, 5.41) is 21.0. The minimum atomic E-state index is -1.01. The van der Waals surface area contributed by atoms with Gasteiger partial charge in [-0.25, -0.2) is 9.78 Å². The predicted octanol–water partition coefficient (Wildman–Crippen LogP) is 4.73. The second kappa shape index (κ2) is 8.51. The number of carbonyl (C=O) groups excluding carboxylic acids is 1. The second-order valence-corrected chi connectivity index (χ2v) is 10.3. The zero-order valence-electron chi connectivity index (χ0n) is 16.1. The Morgan fingerprint density at radius 3 is 3.04 bits per heavy atom. The molecule has 1 spiro atoms. The standard InChI is InChI=1S/C21H27NO4S2/c1-3-4-8-20(2,26)9-5-14-12-21(14)10-6-17(23)15(21)7-11-27-19-22-16(13-28-19)18(24)25/h3,5,13,15,26H,1,4,6-12H2,2H3,(H,24,25)/b14-5+/t15-,20?,21?/m0/s1. The van der Waals surface area contributed by atoms with Crippen LogP contribution in [0.3, 0.4) is 0 Å². The maximum Gasteiger partial charge on any atom is 0.355 e. The molecule has 0 radical (unpaired) electrons. The van der Waals surface area contributed by atoms with Crippen LogP contribution < -0.4 is 0 Å². The van der Waals surface area contributed by atoms with Crippen LogP contribution in [0.2, 0.25) is 0 Å². The molecular formula is C21H27NO4S2. The smallest absolute Gasteiger partial charge is 0.355 e. The summed E-state index contributed by atoms with van der Waals surface area (Å²) in [7, 11) is 0. The van der Waals surface area contributed by atoms with Crippen LogP contribution in [0.5, 0.6) is 0 Å². The van der Waals surface area contributed by atoms with Crippen LogP contribution in [-0.2, 0) is 4.79 Å². The van der Waals surface area contributed by atoms with Crippen molar-refractivity contribution >= 4 is 34.9 Å². The number of rotatable bonds is 10. The maximum absolute atomic E-state index is 12.5. The van der Waals surface area contributed by atoms with Gasteiger partial charge in [-0.15, -0.1) is 17.9 Å². The van der Waals surface area contributed by atoms with Crippen molar-refractivity contribution < 1.29 is 19.8 Å². The molecule has 2 fully saturated rings. The highest BCUT2D eigenvalue weighted by Crippen LogP contribution is 2.65. The first-order valence-corrected chi connectivity index (χ1v) is 11.5. The summed E-state index contributed by atoms with van der Waals surface area (Å²) in [5.41, 5.74) is 0.693. The molecule has 1 aromatic rings. The summed E-state index contributed by atoms with van der Waals surface area (Å²) >= 11 is 2.86. The van der Waals surface area contributed by atoms with E-state index in [4.69, 9.17) is 5.11 Å². The molecule has 3 rings (SSSR count). The van der Waals surface area contributed by atoms with Crippen LogP contribution in [0.25, 0.3) is 0 Å². The monoisotopic (exact) mass is 421 g/mol. The summed E-state index contributed by atoms with van der Waals surface area (Å²) < 4.78 is 0.738. The van der Waals surface area contributed by atoms with E-state index in [0.717, 1.165) is 35.8 Å². The van der Waals surface area contributed by atoms with E-state index in [1.807, 2.05) is 13.0 Å². The summed E-state index contributed by atoms with van der Waals surface area (Å²) in [6, 6.07) is 0. The van der Waals surface area contributed by atoms with Crippen molar-refractivity contribution in [3.05, 3.63) is 35.4 Å². The Hall–Kier alpha value is -1.44. The Bertz CT molecular complexity index is 798. The van der Waals surface area contributed by atoms with Crippen molar-refractivity contribution in [2.24, 2.45) is 11.3 Å². The molecule has 2 aliphatic carbocycles. The first-order valence-electron chi connectivity index (χ1n) is 9.64. The molecule has 0 aliphatic heterocycles. The zero-order valence-corrected chi connectivity index (χ0v) is 17.8. The number of Topliss-reactive ketones (excluding diaryl/α,β-unsaturated/α-hetero) is 1. The number of aromatic carboxylic acids is 1. The van der Waals surface area contributed by atoms with Gasteiger partial charge < -0.3 is 10.2 Å². The summed E-state index contributed by atoms with van der Waals surface area (Å²) in [5.74, 6) is 0.135. The lowest BCUT2D eigenvalue weighted by Gasteiger charge is -2.21. The van der Waals surface area contributed by atoms with Crippen LogP contribution in [0.4, 0.5) is 0 Å². The third-order valence-corrected chi connectivity index (χ3v) is 7.96. The van der Waals surface area contributed by atoms with E-state index in [9.17, 15) is 14.7 Å². The Labute approximate surface area is 174 Å². The van der Waals surface area contributed by atoms with E-state index in [2.05, 4.69) is 17.6 Å². The highest BCUT2D eigenvalue weighted by molar-refractivity contribution is 8.01. The van der Waals surface area contributed by atoms with E-state index in [-0.39, 0.29) is 17.0 Å². The zero-order chi connectivity index (χ0) is 20.4. The van der Waals surface area contributed by atoms with Gasteiger partial charge in [0.2, 0.25) is 0 Å². The molecule has 1 aromatic heterocycles. The Morgan fingerprint density at radius 1 is 1.57 bits per heavy atom. The Morgan fingerprint density at radius 2 is 2.36 bits per heavy atom. The van der Waals surface area contributed by atoms with E-state index < -0.39 is 11.6 Å². The van der Waals surface area contributed by atoms with Crippen molar-refractivity contribution in [3.8, 4) is 0 Å².